The number of methoxy groups -OCH3 is 1. The Morgan fingerprint density at radius 2 is 1.96 bits per heavy atom. The van der Waals surface area contributed by atoms with Crippen molar-refractivity contribution in [1.29, 1.82) is 0 Å². The fourth-order valence-corrected chi connectivity index (χ4v) is 3.78. The summed E-state index contributed by atoms with van der Waals surface area (Å²) in [5.74, 6) is -0.0538. The molecule has 0 radical (unpaired) electrons. The zero-order valence-electron chi connectivity index (χ0n) is 15.6. The summed E-state index contributed by atoms with van der Waals surface area (Å²) in [5, 5.41) is 6.31. The molecule has 1 aromatic carbocycles. The summed E-state index contributed by atoms with van der Waals surface area (Å²) >= 11 is 0. The molecule has 1 aliphatic heterocycles. The van der Waals surface area contributed by atoms with Crippen LogP contribution in [0.2, 0.25) is 0 Å². The Hall–Kier alpha value is -1.14. The molecule has 0 atom stereocenters. The molecule has 0 bridgehead atoms. The van der Waals surface area contributed by atoms with Gasteiger partial charge in [0.05, 0.1) is 12.7 Å². The number of piperidine rings is 1. The first kappa shape index (κ1) is 21.2. The molecule has 2 fully saturated rings. The largest absolute Gasteiger partial charge is 0.374 e. The van der Waals surface area contributed by atoms with E-state index < -0.39 is 5.60 Å². The summed E-state index contributed by atoms with van der Waals surface area (Å²) in [7, 11) is 1.62. The number of amides is 1. The van der Waals surface area contributed by atoms with Gasteiger partial charge in [0.1, 0.15) is 5.60 Å². The average Bonchev–Trinajstić information content (AvgIpc) is 2.68. The van der Waals surface area contributed by atoms with Crippen molar-refractivity contribution in [3.63, 3.8) is 0 Å². The molecule has 2 N–H and O–H groups in total. The van der Waals surface area contributed by atoms with Crippen molar-refractivity contribution < 1.29 is 14.3 Å². The standard InChI is InChI=1S/C20H30N2O3.ClH/c1-24-20(10-12-21-13-11-20)19(23)22-17-7-5-6-16(14-17)15-25-18-8-3-2-4-9-18;/h5-7,14,18,21H,2-4,8-13,15H2,1H3,(H,22,23);1H. The summed E-state index contributed by atoms with van der Waals surface area (Å²) in [6, 6.07) is 7.95. The Kier molecular flexibility index (Phi) is 8.35. The van der Waals surface area contributed by atoms with Crippen LogP contribution in [0.5, 0.6) is 0 Å². The third-order valence-electron chi connectivity index (χ3n) is 5.44. The fraction of sp³-hybridized carbons (Fsp3) is 0.650. The fourth-order valence-electron chi connectivity index (χ4n) is 3.78. The van der Waals surface area contributed by atoms with Gasteiger partial charge in [0.15, 0.2) is 0 Å². The summed E-state index contributed by atoms with van der Waals surface area (Å²) < 4.78 is 11.6. The van der Waals surface area contributed by atoms with E-state index in [-0.39, 0.29) is 18.3 Å². The summed E-state index contributed by atoms with van der Waals surface area (Å²) in [6.45, 7) is 2.21. The Labute approximate surface area is 162 Å². The molecule has 5 nitrogen and oxygen atoms in total. The minimum atomic E-state index is -0.722. The smallest absolute Gasteiger partial charge is 0.256 e. The van der Waals surface area contributed by atoms with Crippen molar-refractivity contribution >= 4 is 24.0 Å². The highest BCUT2D eigenvalue weighted by molar-refractivity contribution is 5.97. The minimum absolute atomic E-state index is 0. The van der Waals surface area contributed by atoms with Crippen LogP contribution in [0.25, 0.3) is 0 Å². The van der Waals surface area contributed by atoms with Gasteiger partial charge in [-0.1, -0.05) is 31.4 Å². The number of ether oxygens (including phenoxy) is 2. The van der Waals surface area contributed by atoms with E-state index in [1.165, 1.54) is 32.1 Å². The Bertz CT molecular complexity index is 570. The molecule has 1 saturated heterocycles. The molecular weight excluding hydrogens is 352 g/mol. The number of halogens is 1. The van der Waals surface area contributed by atoms with Crippen molar-refractivity contribution in [3.8, 4) is 0 Å². The van der Waals surface area contributed by atoms with Crippen molar-refractivity contribution in [2.75, 3.05) is 25.5 Å². The number of nitrogens with one attached hydrogen (secondary N) is 2. The van der Waals surface area contributed by atoms with Crippen LogP contribution >= 0.6 is 12.4 Å². The number of carbonyl (C=O) groups is 1. The van der Waals surface area contributed by atoms with Crippen molar-refractivity contribution in [1.82, 2.24) is 5.32 Å². The molecular formula is C20H31ClN2O3. The molecule has 1 aliphatic carbocycles. The van der Waals surface area contributed by atoms with Gasteiger partial charge in [-0.05, 0) is 56.5 Å². The summed E-state index contributed by atoms with van der Waals surface area (Å²) in [5.41, 5.74) is 1.18. The van der Waals surface area contributed by atoms with Gasteiger partial charge in [0, 0.05) is 12.8 Å². The van der Waals surface area contributed by atoms with Crippen LogP contribution in [0.4, 0.5) is 5.69 Å². The monoisotopic (exact) mass is 382 g/mol. The second-order valence-corrected chi connectivity index (χ2v) is 7.17. The van der Waals surface area contributed by atoms with Crippen LogP contribution in [-0.2, 0) is 20.9 Å². The molecule has 26 heavy (non-hydrogen) atoms. The van der Waals surface area contributed by atoms with Crippen molar-refractivity contribution in [3.05, 3.63) is 29.8 Å². The molecule has 0 aromatic heterocycles. The lowest BCUT2D eigenvalue weighted by molar-refractivity contribution is -0.140. The van der Waals surface area contributed by atoms with E-state index >= 15 is 0 Å². The van der Waals surface area contributed by atoms with Crippen LogP contribution in [0, 0.1) is 0 Å². The molecule has 146 valence electrons. The Morgan fingerprint density at radius 3 is 2.65 bits per heavy atom. The molecule has 0 spiro atoms. The highest BCUT2D eigenvalue weighted by Crippen LogP contribution is 2.25. The average molecular weight is 383 g/mol. The minimum Gasteiger partial charge on any atom is -0.374 e. The number of anilines is 1. The quantitative estimate of drug-likeness (QED) is 0.788. The highest BCUT2D eigenvalue weighted by Gasteiger charge is 2.39. The Morgan fingerprint density at radius 1 is 1.23 bits per heavy atom. The van der Waals surface area contributed by atoms with Crippen LogP contribution in [0.3, 0.4) is 0 Å². The SMILES string of the molecule is COC1(C(=O)Nc2cccc(COC3CCCCC3)c2)CCNCC1.Cl. The lowest BCUT2D eigenvalue weighted by Gasteiger charge is -2.34. The van der Waals surface area contributed by atoms with Crippen molar-refractivity contribution in [2.45, 2.75) is 63.3 Å². The number of benzene rings is 1. The number of carbonyl (C=O) groups excluding carboxylic acids is 1. The molecule has 3 rings (SSSR count). The van der Waals surface area contributed by atoms with E-state index in [0.29, 0.717) is 25.6 Å². The van der Waals surface area contributed by atoms with Gasteiger partial charge in [0.25, 0.3) is 5.91 Å². The van der Waals surface area contributed by atoms with Gasteiger partial charge >= 0.3 is 0 Å². The molecule has 1 heterocycles. The predicted molar refractivity (Wildman–Crippen MR) is 106 cm³/mol. The maximum Gasteiger partial charge on any atom is 0.256 e. The van der Waals surface area contributed by atoms with Crippen LogP contribution in [0.15, 0.2) is 24.3 Å². The Balaban J connectivity index is 0.00000243. The summed E-state index contributed by atoms with van der Waals surface area (Å²) in [4.78, 5) is 12.7. The highest BCUT2D eigenvalue weighted by atomic mass is 35.5. The third-order valence-corrected chi connectivity index (χ3v) is 5.44. The second-order valence-electron chi connectivity index (χ2n) is 7.17. The first-order chi connectivity index (χ1) is 12.2. The van der Waals surface area contributed by atoms with E-state index in [9.17, 15) is 4.79 Å². The van der Waals surface area contributed by atoms with Gasteiger partial charge in [-0.15, -0.1) is 12.4 Å². The normalized spacial score (nSPS) is 20.2. The maximum atomic E-state index is 12.7. The molecule has 1 aromatic rings. The van der Waals surface area contributed by atoms with Gasteiger partial charge in [-0.3, -0.25) is 4.79 Å². The second kappa shape index (κ2) is 10.3. The molecule has 6 heteroatoms. The number of hydrogen-bond donors (Lipinski definition) is 2. The molecule has 1 saturated carbocycles. The van der Waals surface area contributed by atoms with E-state index in [1.54, 1.807) is 7.11 Å². The lowest BCUT2D eigenvalue weighted by atomic mass is 9.91. The van der Waals surface area contributed by atoms with E-state index in [1.807, 2.05) is 18.2 Å². The molecule has 1 amide bonds. The van der Waals surface area contributed by atoms with E-state index in [2.05, 4.69) is 16.7 Å². The van der Waals surface area contributed by atoms with Gasteiger partial charge in [-0.2, -0.15) is 0 Å². The van der Waals surface area contributed by atoms with E-state index in [0.717, 1.165) is 24.3 Å². The summed E-state index contributed by atoms with van der Waals surface area (Å²) in [6.07, 6.45) is 7.99. The van der Waals surface area contributed by atoms with Crippen LogP contribution in [-0.4, -0.2) is 37.8 Å². The van der Waals surface area contributed by atoms with Gasteiger partial charge < -0.3 is 20.1 Å². The van der Waals surface area contributed by atoms with Gasteiger partial charge in [0.2, 0.25) is 0 Å². The molecule has 2 aliphatic rings. The third kappa shape index (κ3) is 5.43. The van der Waals surface area contributed by atoms with Crippen LogP contribution in [0.1, 0.15) is 50.5 Å². The maximum absolute atomic E-state index is 12.7. The molecule has 0 unspecified atom stereocenters. The van der Waals surface area contributed by atoms with Gasteiger partial charge in [-0.25, -0.2) is 0 Å². The zero-order valence-corrected chi connectivity index (χ0v) is 16.4. The number of rotatable bonds is 6. The number of hydrogen-bond acceptors (Lipinski definition) is 4. The van der Waals surface area contributed by atoms with Crippen molar-refractivity contribution in [2.24, 2.45) is 0 Å². The first-order valence-corrected chi connectivity index (χ1v) is 9.50. The lowest BCUT2D eigenvalue weighted by Crippen LogP contribution is -2.51. The first-order valence-electron chi connectivity index (χ1n) is 9.50. The predicted octanol–water partition coefficient (Wildman–Crippen LogP) is 3.66. The van der Waals surface area contributed by atoms with Crippen LogP contribution < -0.4 is 10.6 Å². The van der Waals surface area contributed by atoms with E-state index in [4.69, 9.17) is 9.47 Å². The topological polar surface area (TPSA) is 59.6 Å². The zero-order chi connectivity index (χ0) is 17.5.